The van der Waals surface area contributed by atoms with Crippen LogP contribution in [0.25, 0.3) is 16.6 Å². The molecule has 2 aromatic heterocycles. The Balaban J connectivity index is 1.57. The minimum atomic E-state index is -0.478. The quantitative estimate of drug-likeness (QED) is 0.167. The summed E-state index contributed by atoms with van der Waals surface area (Å²) in [5.41, 5.74) is 10.2. The van der Waals surface area contributed by atoms with Crippen molar-refractivity contribution < 1.29 is 10.0 Å². The minimum absolute atomic E-state index is 0.0471. The maximum absolute atomic E-state index is 14.5. The molecule has 4 aromatic rings. The first kappa shape index (κ1) is 29.5. The molecule has 0 bridgehead atoms. The Hall–Kier alpha value is -5.02. The smallest absolute Gasteiger partial charge is 0.268 e. The number of hydroxylamine groups is 1. The molecule has 0 spiro atoms. The maximum Gasteiger partial charge on any atom is 0.268 e. The Morgan fingerprint density at radius 2 is 1.88 bits per heavy atom. The van der Waals surface area contributed by atoms with Crippen molar-refractivity contribution in [2.75, 3.05) is 29.0 Å². The van der Waals surface area contributed by atoms with Crippen molar-refractivity contribution in [3.8, 4) is 11.8 Å². The van der Waals surface area contributed by atoms with Gasteiger partial charge >= 0.3 is 0 Å². The topological polar surface area (TPSA) is 175 Å². The number of hydrogen-bond acceptors (Lipinski definition) is 10. The van der Waals surface area contributed by atoms with E-state index in [1.807, 2.05) is 55.5 Å². The molecule has 0 saturated carbocycles. The van der Waals surface area contributed by atoms with Crippen molar-refractivity contribution in [2.45, 2.75) is 52.0 Å². The molecule has 222 valence electrons. The van der Waals surface area contributed by atoms with Crippen molar-refractivity contribution in [3.63, 3.8) is 0 Å². The van der Waals surface area contributed by atoms with Gasteiger partial charge in [0.25, 0.3) is 5.56 Å². The van der Waals surface area contributed by atoms with E-state index in [0.717, 1.165) is 31.6 Å². The lowest BCUT2D eigenvalue weighted by Crippen LogP contribution is -2.36. The van der Waals surface area contributed by atoms with E-state index in [1.54, 1.807) is 17.0 Å². The van der Waals surface area contributed by atoms with E-state index in [2.05, 4.69) is 26.3 Å². The van der Waals surface area contributed by atoms with Crippen molar-refractivity contribution in [2.24, 2.45) is 5.92 Å². The Bertz CT molecular complexity index is 1730. The molecule has 5 N–H and O–H groups in total. The molecule has 3 heterocycles. The summed E-state index contributed by atoms with van der Waals surface area (Å²) in [5.74, 6) is 0.820. The number of benzene rings is 2. The van der Waals surface area contributed by atoms with Crippen molar-refractivity contribution in [1.82, 2.24) is 25.0 Å². The minimum Gasteiger partial charge on any atom is -0.371 e. The number of rotatable bonds is 9. The first-order chi connectivity index (χ1) is 20.8. The number of anilines is 3. The number of aryl methyl sites for hydroxylation is 1. The van der Waals surface area contributed by atoms with Crippen LogP contribution in [-0.4, -0.2) is 43.7 Å². The van der Waals surface area contributed by atoms with E-state index < -0.39 is 6.04 Å². The molecule has 1 atom stereocenters. The van der Waals surface area contributed by atoms with Crippen LogP contribution in [0.15, 0.2) is 53.3 Å². The van der Waals surface area contributed by atoms with Gasteiger partial charge in [-0.15, -0.1) is 0 Å². The number of fused-ring (bicyclic) bond motifs is 1. The van der Waals surface area contributed by atoms with Crippen LogP contribution in [0, 0.1) is 24.2 Å². The summed E-state index contributed by atoms with van der Waals surface area (Å²) in [6, 6.07) is 16.8. The second-order valence-corrected chi connectivity index (χ2v) is 10.7. The third kappa shape index (κ3) is 6.12. The number of nitriles is 1. The van der Waals surface area contributed by atoms with Crippen LogP contribution in [0.5, 0.6) is 0 Å². The van der Waals surface area contributed by atoms with Crippen LogP contribution in [0.3, 0.4) is 0 Å². The zero-order valence-electron chi connectivity index (χ0n) is 24.2. The SMILES string of the molecule is CC[C@H](Nc1nc(N)nc(C)c1C#N)c1nc2cccc(N3CCC(CCC(=O)NO)CC3)c2c(=O)n1-c1ccccc1. The predicted octanol–water partition coefficient (Wildman–Crippen LogP) is 4.00. The lowest BCUT2D eigenvalue weighted by molar-refractivity contribution is -0.129. The van der Waals surface area contributed by atoms with Crippen LogP contribution >= 0.6 is 0 Å². The zero-order chi connectivity index (χ0) is 30.5. The molecule has 2 aromatic carbocycles. The number of nitrogens with one attached hydrogen (secondary N) is 2. The number of aromatic nitrogens is 4. The van der Waals surface area contributed by atoms with Gasteiger partial charge in [0.1, 0.15) is 23.3 Å². The first-order valence-corrected chi connectivity index (χ1v) is 14.4. The summed E-state index contributed by atoms with van der Waals surface area (Å²) in [4.78, 5) is 41.7. The molecule has 43 heavy (non-hydrogen) atoms. The zero-order valence-corrected chi connectivity index (χ0v) is 24.2. The molecule has 1 saturated heterocycles. The number of amides is 1. The fraction of sp³-hybridized carbons (Fsp3) is 0.355. The van der Waals surface area contributed by atoms with Gasteiger partial charge in [0.2, 0.25) is 11.9 Å². The monoisotopic (exact) mass is 581 g/mol. The second-order valence-electron chi connectivity index (χ2n) is 10.7. The van der Waals surface area contributed by atoms with Crippen LogP contribution < -0.4 is 27.0 Å². The number of para-hydroxylation sites is 1. The number of nitrogens with two attached hydrogens (primary N) is 1. The van der Waals surface area contributed by atoms with Crippen LogP contribution in [0.4, 0.5) is 17.5 Å². The van der Waals surface area contributed by atoms with E-state index in [-0.39, 0.29) is 29.4 Å². The number of nitrogens with zero attached hydrogens (tertiary/aromatic N) is 6. The van der Waals surface area contributed by atoms with Gasteiger partial charge in [-0.1, -0.05) is 31.2 Å². The van der Waals surface area contributed by atoms with E-state index in [9.17, 15) is 14.9 Å². The summed E-state index contributed by atoms with van der Waals surface area (Å²) in [7, 11) is 0. The van der Waals surface area contributed by atoms with Crippen molar-refractivity contribution in [3.05, 3.63) is 76.0 Å². The number of hydrogen-bond donors (Lipinski definition) is 4. The van der Waals surface area contributed by atoms with Crippen LogP contribution in [0.2, 0.25) is 0 Å². The Kier molecular flexibility index (Phi) is 8.82. The molecule has 12 nitrogen and oxygen atoms in total. The Morgan fingerprint density at radius 3 is 2.56 bits per heavy atom. The van der Waals surface area contributed by atoms with Crippen LogP contribution in [0.1, 0.15) is 62.2 Å². The van der Waals surface area contributed by atoms with Gasteiger partial charge in [-0.2, -0.15) is 10.2 Å². The van der Waals surface area contributed by atoms with Gasteiger partial charge in [-0.3, -0.25) is 19.4 Å². The van der Waals surface area contributed by atoms with Gasteiger partial charge in [-0.25, -0.2) is 15.4 Å². The second kappa shape index (κ2) is 12.9. The summed E-state index contributed by atoms with van der Waals surface area (Å²) in [6.45, 7) is 5.15. The number of piperidine rings is 1. The number of carbonyl (C=O) groups is 1. The molecular weight excluding hydrogens is 546 g/mol. The lowest BCUT2D eigenvalue weighted by atomic mass is 9.91. The summed E-state index contributed by atoms with van der Waals surface area (Å²) >= 11 is 0. The fourth-order valence-electron chi connectivity index (χ4n) is 5.75. The Morgan fingerprint density at radius 1 is 1.14 bits per heavy atom. The van der Waals surface area contributed by atoms with Crippen molar-refractivity contribution in [1.29, 1.82) is 5.26 Å². The Labute approximate surface area is 249 Å². The van der Waals surface area contributed by atoms with E-state index >= 15 is 0 Å². The number of carbonyl (C=O) groups excluding carboxylic acids is 1. The third-order valence-corrected chi connectivity index (χ3v) is 8.03. The molecule has 0 unspecified atom stereocenters. The molecule has 12 heteroatoms. The van der Waals surface area contributed by atoms with E-state index in [0.29, 0.717) is 52.7 Å². The average Bonchev–Trinajstić information content (AvgIpc) is 3.02. The molecular formula is C31H35N9O3. The molecule has 1 fully saturated rings. The van der Waals surface area contributed by atoms with Gasteiger partial charge < -0.3 is 16.0 Å². The standard InChI is InChI=1S/C31H35N9O3/c1-3-23(35-28-22(18-32)19(2)34-31(33)37-28)29-36-24-10-7-11-25(27(24)30(42)40(29)21-8-5-4-6-9-21)39-16-14-20(15-17-39)12-13-26(41)38-43/h4-11,20,23,43H,3,12-17H2,1-2H3,(H,38,41)(H3,33,34,35,37)/t23-/m0/s1. The highest BCUT2D eigenvalue weighted by Crippen LogP contribution is 2.32. The predicted molar refractivity (Wildman–Crippen MR) is 164 cm³/mol. The summed E-state index contributed by atoms with van der Waals surface area (Å²) < 4.78 is 1.64. The highest BCUT2D eigenvalue weighted by molar-refractivity contribution is 5.91. The first-order valence-electron chi connectivity index (χ1n) is 14.4. The van der Waals surface area contributed by atoms with Gasteiger partial charge in [0.05, 0.1) is 34.0 Å². The highest BCUT2D eigenvalue weighted by atomic mass is 16.5. The highest BCUT2D eigenvalue weighted by Gasteiger charge is 2.26. The fourth-order valence-corrected chi connectivity index (χ4v) is 5.75. The lowest BCUT2D eigenvalue weighted by Gasteiger charge is -2.34. The summed E-state index contributed by atoms with van der Waals surface area (Å²) in [5, 5.41) is 22.4. The summed E-state index contributed by atoms with van der Waals surface area (Å²) in [6.07, 6.45) is 3.28. The molecule has 1 aliphatic heterocycles. The van der Waals surface area contributed by atoms with E-state index in [1.165, 1.54) is 0 Å². The molecule has 1 amide bonds. The van der Waals surface area contributed by atoms with Gasteiger partial charge in [0, 0.05) is 19.5 Å². The largest absolute Gasteiger partial charge is 0.371 e. The van der Waals surface area contributed by atoms with Crippen LogP contribution in [-0.2, 0) is 4.79 Å². The third-order valence-electron chi connectivity index (χ3n) is 8.03. The molecule has 5 rings (SSSR count). The van der Waals surface area contributed by atoms with Crippen molar-refractivity contribution >= 4 is 34.3 Å². The van der Waals surface area contributed by atoms with E-state index in [4.69, 9.17) is 15.9 Å². The molecule has 0 radical (unpaired) electrons. The van der Waals surface area contributed by atoms with Gasteiger partial charge in [-0.05, 0) is 62.8 Å². The van der Waals surface area contributed by atoms with Gasteiger partial charge in [0.15, 0.2) is 0 Å². The number of nitrogen functional groups attached to an aromatic ring is 1. The maximum atomic E-state index is 14.5. The molecule has 1 aliphatic rings. The molecule has 0 aliphatic carbocycles. The average molecular weight is 582 g/mol. The normalized spacial score (nSPS) is 14.3.